The van der Waals surface area contributed by atoms with Crippen molar-refractivity contribution in [1.82, 2.24) is 0 Å². The molecular weight excluding hydrogens is 489 g/mol. The molecule has 2 saturated carbocycles. The van der Waals surface area contributed by atoms with Crippen LogP contribution in [0.25, 0.3) is 0 Å². The first kappa shape index (κ1) is 33.7. The normalized spacial score (nSPS) is 25.9. The van der Waals surface area contributed by atoms with Gasteiger partial charge in [0, 0.05) is 12.3 Å². The first-order valence-corrected chi connectivity index (χ1v) is 13.7. The predicted octanol–water partition coefficient (Wildman–Crippen LogP) is 6.50. The summed E-state index contributed by atoms with van der Waals surface area (Å²) in [6.45, 7) is 14.1. The highest BCUT2D eigenvalue weighted by atomic mass is 19.4. The van der Waals surface area contributed by atoms with Gasteiger partial charge in [0.05, 0.1) is 16.9 Å². The number of halogens is 3. The molecule has 2 aliphatic carbocycles. The van der Waals surface area contributed by atoms with E-state index in [0.717, 1.165) is 25.7 Å². The van der Waals surface area contributed by atoms with Gasteiger partial charge in [-0.25, -0.2) is 0 Å². The second kappa shape index (κ2) is 12.7. The van der Waals surface area contributed by atoms with E-state index < -0.39 is 41.3 Å². The Hall–Kier alpha value is -1.35. The molecule has 2 fully saturated rings. The fourth-order valence-electron chi connectivity index (χ4n) is 4.56. The van der Waals surface area contributed by atoms with Gasteiger partial charge in [-0.1, -0.05) is 20.8 Å². The van der Waals surface area contributed by atoms with Gasteiger partial charge in [-0.2, -0.15) is 13.2 Å². The summed E-state index contributed by atoms with van der Waals surface area (Å²) in [6, 6.07) is 0. The maximum Gasteiger partial charge on any atom is 0.417 e. The van der Waals surface area contributed by atoms with E-state index >= 15 is 0 Å². The number of carbonyl (C=O) groups is 2. The highest BCUT2D eigenvalue weighted by molar-refractivity contribution is 5.76. The lowest BCUT2D eigenvalue weighted by Crippen LogP contribution is -2.55. The zero-order chi connectivity index (χ0) is 28.9. The summed E-state index contributed by atoms with van der Waals surface area (Å²) >= 11 is 0. The van der Waals surface area contributed by atoms with Crippen LogP contribution in [0.15, 0.2) is 0 Å². The van der Waals surface area contributed by atoms with Gasteiger partial charge in [-0.3, -0.25) is 9.59 Å². The SMILES string of the molecule is CCC(C)(C)C(=O)OC1CCC(C(C)(O)C(F)(F)F)C(O)C1.CCC1(OC(=O)C(C)(C)CC)CCCC1. The minimum atomic E-state index is -4.81. The van der Waals surface area contributed by atoms with Gasteiger partial charge in [0.2, 0.25) is 0 Å². The third kappa shape index (κ3) is 8.57. The molecule has 37 heavy (non-hydrogen) atoms. The molecule has 0 aliphatic heterocycles. The number of hydrogen-bond donors (Lipinski definition) is 2. The lowest BCUT2D eigenvalue weighted by Gasteiger charge is -2.42. The number of hydrogen-bond acceptors (Lipinski definition) is 6. The Bertz CT molecular complexity index is 754. The molecule has 0 amide bonds. The summed E-state index contributed by atoms with van der Waals surface area (Å²) in [5.41, 5.74) is -4.09. The molecule has 0 spiro atoms. The summed E-state index contributed by atoms with van der Waals surface area (Å²) in [7, 11) is 0. The van der Waals surface area contributed by atoms with E-state index in [4.69, 9.17) is 9.47 Å². The third-order valence-electron chi connectivity index (χ3n) is 8.68. The minimum Gasteiger partial charge on any atom is -0.462 e. The molecule has 0 aromatic carbocycles. The zero-order valence-corrected chi connectivity index (χ0v) is 24.0. The second-order valence-corrected chi connectivity index (χ2v) is 12.3. The third-order valence-corrected chi connectivity index (χ3v) is 8.68. The van der Waals surface area contributed by atoms with E-state index in [1.54, 1.807) is 13.8 Å². The number of carbonyl (C=O) groups excluding carboxylic acids is 2. The molecule has 6 nitrogen and oxygen atoms in total. The molecule has 0 bridgehead atoms. The first-order chi connectivity index (χ1) is 16.8. The molecule has 0 aromatic rings. The molecule has 4 unspecified atom stereocenters. The van der Waals surface area contributed by atoms with Crippen molar-refractivity contribution in [3.05, 3.63) is 0 Å². The maximum absolute atomic E-state index is 12.9. The van der Waals surface area contributed by atoms with Gasteiger partial charge in [-0.15, -0.1) is 0 Å². The molecule has 0 saturated heterocycles. The van der Waals surface area contributed by atoms with E-state index in [2.05, 4.69) is 6.92 Å². The van der Waals surface area contributed by atoms with Crippen molar-refractivity contribution >= 4 is 11.9 Å². The number of alkyl halides is 3. The largest absolute Gasteiger partial charge is 0.462 e. The van der Waals surface area contributed by atoms with Crippen LogP contribution in [0.4, 0.5) is 13.2 Å². The van der Waals surface area contributed by atoms with Crippen molar-refractivity contribution in [2.24, 2.45) is 16.7 Å². The molecule has 218 valence electrons. The highest BCUT2D eigenvalue weighted by Crippen LogP contribution is 2.43. The van der Waals surface area contributed by atoms with Crippen LogP contribution in [-0.4, -0.2) is 51.7 Å². The molecule has 0 heterocycles. The van der Waals surface area contributed by atoms with Crippen molar-refractivity contribution in [2.75, 3.05) is 0 Å². The van der Waals surface area contributed by atoms with Crippen LogP contribution in [0, 0.1) is 16.7 Å². The van der Waals surface area contributed by atoms with Crippen LogP contribution in [0.3, 0.4) is 0 Å². The molecule has 2 rings (SSSR count). The Morgan fingerprint density at radius 2 is 1.38 bits per heavy atom. The van der Waals surface area contributed by atoms with Crippen LogP contribution < -0.4 is 0 Å². The van der Waals surface area contributed by atoms with Crippen molar-refractivity contribution in [3.63, 3.8) is 0 Å². The van der Waals surface area contributed by atoms with Crippen molar-refractivity contribution in [3.8, 4) is 0 Å². The fourth-order valence-corrected chi connectivity index (χ4v) is 4.56. The van der Waals surface area contributed by atoms with Gasteiger partial charge in [0.15, 0.2) is 5.60 Å². The van der Waals surface area contributed by atoms with E-state index in [-0.39, 0.29) is 36.2 Å². The van der Waals surface area contributed by atoms with Gasteiger partial charge in [-0.05, 0) is 92.4 Å². The Morgan fingerprint density at radius 1 is 0.892 bits per heavy atom. The van der Waals surface area contributed by atoms with Gasteiger partial charge in [0.25, 0.3) is 0 Å². The summed E-state index contributed by atoms with van der Waals surface area (Å²) in [4.78, 5) is 24.0. The lowest BCUT2D eigenvalue weighted by molar-refractivity contribution is -0.286. The molecule has 4 atom stereocenters. The van der Waals surface area contributed by atoms with Crippen LogP contribution in [-0.2, 0) is 19.1 Å². The quantitative estimate of drug-likeness (QED) is 0.343. The minimum absolute atomic E-state index is 0.0197. The predicted molar refractivity (Wildman–Crippen MR) is 136 cm³/mol. The average Bonchev–Trinajstić information content (AvgIpc) is 3.27. The highest BCUT2D eigenvalue weighted by Gasteiger charge is 2.57. The summed E-state index contributed by atoms with van der Waals surface area (Å²) in [6.07, 6.45) is 0.121. The maximum atomic E-state index is 12.9. The number of rotatable bonds is 8. The topological polar surface area (TPSA) is 93.1 Å². The number of esters is 2. The van der Waals surface area contributed by atoms with Gasteiger partial charge >= 0.3 is 18.1 Å². The Balaban J connectivity index is 0.000000397. The van der Waals surface area contributed by atoms with Crippen LogP contribution in [0.5, 0.6) is 0 Å². The smallest absolute Gasteiger partial charge is 0.417 e. The molecule has 0 radical (unpaired) electrons. The molecule has 9 heteroatoms. The van der Waals surface area contributed by atoms with Gasteiger partial charge in [0.1, 0.15) is 11.7 Å². The lowest BCUT2D eigenvalue weighted by atomic mass is 9.74. The van der Waals surface area contributed by atoms with Crippen molar-refractivity contribution in [1.29, 1.82) is 0 Å². The Morgan fingerprint density at radius 3 is 1.78 bits per heavy atom. The molecule has 2 N–H and O–H groups in total. The Kier molecular flexibility index (Phi) is 11.5. The Labute approximate surface area is 220 Å². The summed E-state index contributed by atoms with van der Waals surface area (Å²) in [5, 5.41) is 19.6. The van der Waals surface area contributed by atoms with Crippen molar-refractivity contribution in [2.45, 2.75) is 149 Å². The zero-order valence-electron chi connectivity index (χ0n) is 24.0. The standard InChI is InChI=1S/C15H25F3O4.C13H24O2/c1-5-13(2,3)12(20)22-9-6-7-10(11(19)8-9)14(4,21)15(16,17)18;1-5-12(3,4)11(14)15-13(6-2)9-7-8-10-13/h9-11,19,21H,5-8H2,1-4H3;5-10H2,1-4H3. The number of aliphatic hydroxyl groups is 2. The molecular formula is C28H49F3O6. The summed E-state index contributed by atoms with van der Waals surface area (Å²) < 4.78 is 49.6. The van der Waals surface area contributed by atoms with Crippen molar-refractivity contribution < 1.29 is 42.4 Å². The monoisotopic (exact) mass is 538 g/mol. The van der Waals surface area contributed by atoms with E-state index in [1.807, 2.05) is 27.7 Å². The molecule has 2 aliphatic rings. The fraction of sp³-hybridized carbons (Fsp3) is 0.929. The van der Waals surface area contributed by atoms with E-state index in [1.165, 1.54) is 12.8 Å². The number of aliphatic hydroxyl groups excluding tert-OH is 1. The van der Waals surface area contributed by atoms with E-state index in [0.29, 0.717) is 13.3 Å². The van der Waals surface area contributed by atoms with Crippen LogP contribution in [0.2, 0.25) is 0 Å². The summed E-state index contributed by atoms with van der Waals surface area (Å²) in [5.74, 6) is -1.76. The first-order valence-electron chi connectivity index (χ1n) is 13.7. The molecule has 0 aromatic heterocycles. The number of ether oxygens (including phenoxy) is 2. The van der Waals surface area contributed by atoms with Crippen LogP contribution in [0.1, 0.15) is 120 Å². The second-order valence-electron chi connectivity index (χ2n) is 12.3. The van der Waals surface area contributed by atoms with E-state index in [9.17, 15) is 33.0 Å². The van der Waals surface area contributed by atoms with Crippen LogP contribution >= 0.6 is 0 Å². The average molecular weight is 539 g/mol. The van der Waals surface area contributed by atoms with Gasteiger partial charge < -0.3 is 19.7 Å².